The van der Waals surface area contributed by atoms with Crippen LogP contribution in [-0.4, -0.2) is 58.6 Å². The SMILES string of the molecule is Cl.O=C(O)[C@H](CSCCCO)NCCCO. The monoisotopic (exact) mass is 273 g/mol. The first kappa shape index (κ1) is 18.4. The Morgan fingerprint density at radius 1 is 1.25 bits per heavy atom. The van der Waals surface area contributed by atoms with Crippen molar-refractivity contribution in [1.29, 1.82) is 0 Å². The highest BCUT2D eigenvalue weighted by Gasteiger charge is 2.15. The standard InChI is InChI=1S/C9H19NO4S.ClH/c11-4-1-3-10-8(9(13)14)7-15-6-2-5-12;/h8,10-12H,1-7H2,(H,13,14);1H/t8-;/m0./s1. The maximum Gasteiger partial charge on any atom is 0.321 e. The van der Waals surface area contributed by atoms with Crippen LogP contribution in [0.5, 0.6) is 0 Å². The number of thioether (sulfide) groups is 1. The van der Waals surface area contributed by atoms with Crippen LogP contribution >= 0.6 is 24.2 Å². The molecule has 0 aromatic heterocycles. The van der Waals surface area contributed by atoms with Crippen molar-refractivity contribution < 1.29 is 20.1 Å². The van der Waals surface area contributed by atoms with Crippen LogP contribution < -0.4 is 5.32 Å². The van der Waals surface area contributed by atoms with Crippen molar-refractivity contribution in [2.45, 2.75) is 18.9 Å². The number of aliphatic hydroxyl groups excluding tert-OH is 2. The van der Waals surface area contributed by atoms with Gasteiger partial charge in [0.05, 0.1) is 0 Å². The highest BCUT2D eigenvalue weighted by Crippen LogP contribution is 2.05. The lowest BCUT2D eigenvalue weighted by Gasteiger charge is -2.13. The van der Waals surface area contributed by atoms with E-state index in [1.807, 2.05) is 0 Å². The number of halogens is 1. The predicted molar refractivity (Wildman–Crippen MR) is 67.4 cm³/mol. The lowest BCUT2D eigenvalue weighted by molar-refractivity contribution is -0.138. The summed E-state index contributed by atoms with van der Waals surface area (Å²) >= 11 is 1.51. The number of aliphatic hydroxyl groups is 2. The first-order chi connectivity index (χ1) is 7.22. The molecule has 0 fully saturated rings. The number of aliphatic carboxylic acids is 1. The molecule has 1 atom stereocenters. The van der Waals surface area contributed by atoms with Crippen LogP contribution in [0.15, 0.2) is 0 Å². The first-order valence-electron chi connectivity index (χ1n) is 4.98. The Bertz CT molecular complexity index is 174. The Kier molecular flexibility index (Phi) is 15.0. The number of rotatable bonds is 10. The molecule has 0 spiro atoms. The second-order valence-corrected chi connectivity index (χ2v) is 4.22. The van der Waals surface area contributed by atoms with Crippen molar-refractivity contribution in [3.05, 3.63) is 0 Å². The lowest BCUT2D eigenvalue weighted by Crippen LogP contribution is -2.39. The normalized spacial score (nSPS) is 11.9. The number of carbonyl (C=O) groups is 1. The van der Waals surface area contributed by atoms with E-state index in [-0.39, 0.29) is 25.6 Å². The lowest BCUT2D eigenvalue weighted by atomic mass is 10.3. The van der Waals surface area contributed by atoms with E-state index in [4.69, 9.17) is 15.3 Å². The van der Waals surface area contributed by atoms with Gasteiger partial charge in [-0.3, -0.25) is 4.79 Å². The van der Waals surface area contributed by atoms with Gasteiger partial charge in [-0.2, -0.15) is 11.8 Å². The van der Waals surface area contributed by atoms with Crippen molar-refractivity contribution in [3.63, 3.8) is 0 Å². The van der Waals surface area contributed by atoms with Gasteiger partial charge in [-0.1, -0.05) is 0 Å². The van der Waals surface area contributed by atoms with Gasteiger partial charge in [0.15, 0.2) is 0 Å². The Balaban J connectivity index is 0. The zero-order valence-corrected chi connectivity index (χ0v) is 10.7. The summed E-state index contributed by atoms with van der Waals surface area (Å²) in [6.07, 6.45) is 1.25. The van der Waals surface area contributed by atoms with Gasteiger partial charge < -0.3 is 20.6 Å². The molecule has 0 rings (SSSR count). The Morgan fingerprint density at radius 3 is 2.38 bits per heavy atom. The van der Waals surface area contributed by atoms with E-state index in [2.05, 4.69) is 5.32 Å². The van der Waals surface area contributed by atoms with E-state index in [9.17, 15) is 4.79 Å². The van der Waals surface area contributed by atoms with Gasteiger partial charge in [-0.15, -0.1) is 12.4 Å². The van der Waals surface area contributed by atoms with Crippen LogP contribution in [-0.2, 0) is 4.79 Å². The van der Waals surface area contributed by atoms with Crippen LogP contribution in [0, 0.1) is 0 Å². The van der Waals surface area contributed by atoms with Crippen LogP contribution in [0.1, 0.15) is 12.8 Å². The van der Waals surface area contributed by atoms with Crippen molar-refractivity contribution in [2.75, 3.05) is 31.3 Å². The third-order valence-corrected chi connectivity index (χ3v) is 2.90. The molecule has 5 nitrogen and oxygen atoms in total. The number of carboxylic acids is 1. The fraction of sp³-hybridized carbons (Fsp3) is 0.889. The zero-order chi connectivity index (χ0) is 11.5. The fourth-order valence-corrected chi connectivity index (χ4v) is 1.94. The van der Waals surface area contributed by atoms with Gasteiger partial charge in [-0.25, -0.2) is 0 Å². The van der Waals surface area contributed by atoms with Crippen LogP contribution in [0.2, 0.25) is 0 Å². The summed E-state index contributed by atoms with van der Waals surface area (Å²) in [6, 6.07) is -0.569. The van der Waals surface area contributed by atoms with Gasteiger partial charge in [0.1, 0.15) is 6.04 Å². The number of carboxylic acid groups (broad SMARTS) is 1. The van der Waals surface area contributed by atoms with Crippen LogP contribution in [0.25, 0.3) is 0 Å². The number of hydrogen-bond donors (Lipinski definition) is 4. The molecule has 0 aromatic rings. The minimum Gasteiger partial charge on any atom is -0.480 e. The van der Waals surface area contributed by atoms with Gasteiger partial charge in [0.2, 0.25) is 0 Å². The minimum atomic E-state index is -0.871. The summed E-state index contributed by atoms with van der Waals surface area (Å²) < 4.78 is 0. The second-order valence-electron chi connectivity index (χ2n) is 3.07. The minimum absolute atomic E-state index is 0. The van der Waals surface area contributed by atoms with E-state index in [0.717, 1.165) is 5.75 Å². The van der Waals surface area contributed by atoms with E-state index >= 15 is 0 Å². The molecule has 0 heterocycles. The first-order valence-corrected chi connectivity index (χ1v) is 6.13. The van der Waals surface area contributed by atoms with E-state index < -0.39 is 12.0 Å². The molecule has 0 unspecified atom stereocenters. The average molecular weight is 274 g/mol. The molecule has 0 radical (unpaired) electrons. The van der Waals surface area contributed by atoms with Gasteiger partial charge in [0, 0.05) is 19.0 Å². The largest absolute Gasteiger partial charge is 0.480 e. The third-order valence-electron chi connectivity index (χ3n) is 1.76. The Hall–Kier alpha value is -0.0100. The van der Waals surface area contributed by atoms with Gasteiger partial charge in [0.25, 0.3) is 0 Å². The predicted octanol–water partition coefficient (Wildman–Crippen LogP) is -0.0510. The van der Waals surface area contributed by atoms with E-state index in [1.165, 1.54) is 11.8 Å². The molecule has 0 aliphatic rings. The fourth-order valence-electron chi connectivity index (χ4n) is 0.941. The summed E-state index contributed by atoms with van der Waals surface area (Å²) in [4.78, 5) is 10.8. The summed E-state index contributed by atoms with van der Waals surface area (Å²) in [5.74, 6) is 0.382. The third kappa shape index (κ3) is 10.5. The topological polar surface area (TPSA) is 89.8 Å². The maximum atomic E-state index is 10.8. The highest BCUT2D eigenvalue weighted by atomic mass is 35.5. The molecule has 0 aromatic carbocycles. The summed E-state index contributed by atoms with van der Waals surface area (Å²) in [6.45, 7) is 0.716. The van der Waals surface area contributed by atoms with E-state index in [0.29, 0.717) is 25.1 Å². The summed E-state index contributed by atoms with van der Waals surface area (Å²) in [7, 11) is 0. The zero-order valence-electron chi connectivity index (χ0n) is 9.09. The van der Waals surface area contributed by atoms with Crippen LogP contribution in [0.3, 0.4) is 0 Å². The van der Waals surface area contributed by atoms with Crippen molar-refractivity contribution in [2.24, 2.45) is 0 Å². The van der Waals surface area contributed by atoms with Crippen molar-refractivity contribution in [1.82, 2.24) is 5.32 Å². The molecule has 0 saturated carbocycles. The molecule has 7 heteroatoms. The number of nitrogens with one attached hydrogen (secondary N) is 1. The summed E-state index contributed by atoms with van der Waals surface area (Å²) in [5.41, 5.74) is 0. The quantitative estimate of drug-likeness (QED) is 0.417. The smallest absolute Gasteiger partial charge is 0.321 e. The average Bonchev–Trinajstić information content (AvgIpc) is 2.21. The highest BCUT2D eigenvalue weighted by molar-refractivity contribution is 7.99. The maximum absolute atomic E-state index is 10.8. The molecule has 0 amide bonds. The van der Waals surface area contributed by atoms with E-state index in [1.54, 1.807) is 0 Å². The molecule has 16 heavy (non-hydrogen) atoms. The molecular weight excluding hydrogens is 254 g/mol. The molecular formula is C9H20ClNO4S. The molecule has 0 aliphatic heterocycles. The molecule has 4 N–H and O–H groups in total. The molecule has 98 valence electrons. The molecule has 0 bridgehead atoms. The Morgan fingerprint density at radius 2 is 1.88 bits per heavy atom. The van der Waals surface area contributed by atoms with Gasteiger partial charge >= 0.3 is 5.97 Å². The van der Waals surface area contributed by atoms with Crippen molar-refractivity contribution in [3.8, 4) is 0 Å². The molecule has 0 aliphatic carbocycles. The number of hydrogen-bond acceptors (Lipinski definition) is 5. The second kappa shape index (κ2) is 13.1. The van der Waals surface area contributed by atoms with Gasteiger partial charge in [-0.05, 0) is 25.1 Å². The van der Waals surface area contributed by atoms with Crippen molar-refractivity contribution >= 4 is 30.1 Å². The Labute approximate surface area is 106 Å². The molecule has 0 saturated heterocycles. The van der Waals surface area contributed by atoms with Crippen LogP contribution in [0.4, 0.5) is 0 Å². The summed E-state index contributed by atoms with van der Waals surface area (Å²) in [5, 5.41) is 28.8.